The van der Waals surface area contributed by atoms with Gasteiger partial charge in [0.05, 0.1) is 16.0 Å². The van der Waals surface area contributed by atoms with Gasteiger partial charge in [-0.25, -0.2) is 0 Å². The Morgan fingerprint density at radius 1 is 0.857 bits per heavy atom. The van der Waals surface area contributed by atoms with Crippen molar-refractivity contribution < 1.29 is 14.7 Å². The van der Waals surface area contributed by atoms with Crippen LogP contribution in [-0.4, -0.2) is 38.1 Å². The number of halogens is 2. The topological polar surface area (TPSA) is 75.7 Å². The number of hydrogen-bond acceptors (Lipinski definition) is 5. The zero-order valence-corrected chi connectivity index (χ0v) is 16.4. The number of carboxylic acid groups (broad SMARTS) is 1. The third-order valence-corrected chi connectivity index (χ3v) is 5.16. The van der Waals surface area contributed by atoms with Gasteiger partial charge in [-0.1, -0.05) is 23.2 Å². The minimum Gasteiger partial charge on any atom is -0.545 e. The number of rotatable bonds is 5. The van der Waals surface area contributed by atoms with Gasteiger partial charge < -0.3 is 25.0 Å². The maximum Gasteiger partial charge on any atom is 0.248 e. The molecule has 2 aromatic carbocycles. The smallest absolute Gasteiger partial charge is 0.248 e. The molecule has 28 heavy (non-hydrogen) atoms. The van der Waals surface area contributed by atoms with Crippen LogP contribution in [0.1, 0.15) is 0 Å². The van der Waals surface area contributed by atoms with Crippen LogP contribution in [0.4, 0.5) is 17.1 Å². The SMILES string of the molecule is O=C([O-])/C=C\C(=O)Nc1ccc(N2CCN(c3ccc(Cl)c(Cl)c3)CC2)cc1. The Labute approximate surface area is 173 Å². The van der Waals surface area contributed by atoms with Crippen molar-refractivity contribution in [2.75, 3.05) is 41.3 Å². The Morgan fingerprint density at radius 2 is 1.43 bits per heavy atom. The third-order valence-electron chi connectivity index (χ3n) is 4.42. The molecule has 0 bridgehead atoms. The second-order valence-corrected chi connectivity index (χ2v) is 7.08. The predicted octanol–water partition coefficient (Wildman–Crippen LogP) is 2.56. The summed E-state index contributed by atoms with van der Waals surface area (Å²) in [7, 11) is 0. The number of piperazine rings is 1. The summed E-state index contributed by atoms with van der Waals surface area (Å²) in [5.74, 6) is -1.93. The second-order valence-electron chi connectivity index (χ2n) is 6.26. The second kappa shape index (κ2) is 8.99. The molecule has 1 N–H and O–H groups in total. The van der Waals surface area contributed by atoms with E-state index in [0.717, 1.165) is 43.6 Å². The number of aliphatic carboxylic acids is 1. The molecule has 0 aliphatic carbocycles. The fourth-order valence-corrected chi connectivity index (χ4v) is 3.28. The van der Waals surface area contributed by atoms with E-state index in [-0.39, 0.29) is 0 Å². The van der Waals surface area contributed by atoms with Gasteiger partial charge in [-0.2, -0.15) is 0 Å². The molecule has 0 unspecified atom stereocenters. The highest BCUT2D eigenvalue weighted by Crippen LogP contribution is 2.28. The van der Waals surface area contributed by atoms with Gasteiger partial charge in [0.15, 0.2) is 0 Å². The molecule has 1 aliphatic rings. The van der Waals surface area contributed by atoms with E-state index < -0.39 is 11.9 Å². The lowest BCUT2D eigenvalue weighted by Gasteiger charge is -2.37. The minimum atomic E-state index is -1.41. The Balaban J connectivity index is 1.56. The fourth-order valence-electron chi connectivity index (χ4n) is 2.99. The quantitative estimate of drug-likeness (QED) is 0.755. The number of carbonyl (C=O) groups excluding carboxylic acids is 2. The van der Waals surface area contributed by atoms with Crippen molar-refractivity contribution in [3.05, 3.63) is 64.7 Å². The normalized spacial score (nSPS) is 14.4. The zero-order chi connectivity index (χ0) is 20.1. The summed E-state index contributed by atoms with van der Waals surface area (Å²) in [6.07, 6.45) is 1.61. The maximum atomic E-state index is 11.6. The molecule has 0 saturated carbocycles. The molecule has 0 atom stereocenters. The van der Waals surface area contributed by atoms with Gasteiger partial charge in [-0.05, 0) is 48.5 Å². The summed E-state index contributed by atoms with van der Waals surface area (Å²) in [6.45, 7) is 3.40. The van der Waals surface area contributed by atoms with E-state index in [2.05, 4.69) is 15.1 Å². The Bertz CT molecular complexity index is 892. The number of amides is 1. The van der Waals surface area contributed by atoms with Crippen LogP contribution in [-0.2, 0) is 9.59 Å². The number of nitrogens with zero attached hydrogens (tertiary/aromatic N) is 2. The summed E-state index contributed by atoms with van der Waals surface area (Å²) >= 11 is 12.1. The molecule has 1 amide bonds. The van der Waals surface area contributed by atoms with Gasteiger partial charge in [0, 0.05) is 49.3 Å². The van der Waals surface area contributed by atoms with Crippen LogP contribution in [0.25, 0.3) is 0 Å². The zero-order valence-electron chi connectivity index (χ0n) is 14.9. The molecule has 6 nitrogen and oxygen atoms in total. The lowest BCUT2D eigenvalue weighted by atomic mass is 10.2. The van der Waals surface area contributed by atoms with E-state index >= 15 is 0 Å². The lowest BCUT2D eigenvalue weighted by Crippen LogP contribution is -2.46. The first-order valence-corrected chi connectivity index (χ1v) is 9.43. The van der Waals surface area contributed by atoms with E-state index in [1.165, 1.54) is 0 Å². The molecule has 1 fully saturated rings. The summed E-state index contributed by atoms with van der Waals surface area (Å²) < 4.78 is 0. The average Bonchev–Trinajstić information content (AvgIpc) is 2.69. The Morgan fingerprint density at radius 3 is 2.00 bits per heavy atom. The summed E-state index contributed by atoms with van der Waals surface area (Å²) in [5, 5.41) is 14.0. The van der Waals surface area contributed by atoms with Crippen LogP contribution >= 0.6 is 23.2 Å². The van der Waals surface area contributed by atoms with Crippen molar-refractivity contribution in [1.29, 1.82) is 0 Å². The van der Waals surface area contributed by atoms with Crippen LogP contribution < -0.4 is 20.2 Å². The number of benzene rings is 2. The summed E-state index contributed by atoms with van der Waals surface area (Å²) in [5.41, 5.74) is 2.69. The Kier molecular flexibility index (Phi) is 6.44. The van der Waals surface area contributed by atoms with Crippen LogP contribution in [0.15, 0.2) is 54.6 Å². The molecule has 2 aromatic rings. The number of carbonyl (C=O) groups is 2. The first-order valence-electron chi connectivity index (χ1n) is 8.67. The van der Waals surface area contributed by atoms with Crippen LogP contribution in [0, 0.1) is 0 Å². The van der Waals surface area contributed by atoms with Gasteiger partial charge in [-0.15, -0.1) is 0 Å². The summed E-state index contributed by atoms with van der Waals surface area (Å²) in [4.78, 5) is 26.4. The molecule has 1 saturated heterocycles. The molecule has 3 rings (SSSR count). The monoisotopic (exact) mass is 418 g/mol. The molecule has 0 aromatic heterocycles. The standard InChI is InChI=1S/C20H19Cl2N3O3/c21-17-6-5-16(13-18(17)22)25-11-9-24(10-12-25)15-3-1-14(2-4-15)23-19(26)7-8-20(27)28/h1-8,13H,9-12H2,(H,23,26)(H,27,28)/p-1/b8-7-. The average molecular weight is 419 g/mol. The van der Waals surface area contributed by atoms with Gasteiger partial charge in [-0.3, -0.25) is 4.79 Å². The minimum absolute atomic E-state index is 0.521. The highest BCUT2D eigenvalue weighted by molar-refractivity contribution is 6.42. The van der Waals surface area contributed by atoms with Crippen LogP contribution in [0.5, 0.6) is 0 Å². The molecule has 0 radical (unpaired) electrons. The van der Waals surface area contributed by atoms with Crippen LogP contribution in [0.2, 0.25) is 10.0 Å². The van der Waals surface area contributed by atoms with Gasteiger partial charge in [0.25, 0.3) is 0 Å². The van der Waals surface area contributed by atoms with E-state index in [9.17, 15) is 14.7 Å². The van der Waals surface area contributed by atoms with Crippen molar-refractivity contribution in [3.8, 4) is 0 Å². The number of anilines is 3. The molecule has 1 aliphatic heterocycles. The molecule has 0 spiro atoms. The predicted molar refractivity (Wildman–Crippen MR) is 110 cm³/mol. The largest absolute Gasteiger partial charge is 0.545 e. The first-order chi connectivity index (χ1) is 13.4. The lowest BCUT2D eigenvalue weighted by molar-refractivity contribution is -0.297. The molecular formula is C20H18Cl2N3O3-. The van der Waals surface area contributed by atoms with Gasteiger partial charge >= 0.3 is 0 Å². The Hall–Kier alpha value is -2.70. The summed E-state index contributed by atoms with van der Waals surface area (Å²) in [6, 6.07) is 13.1. The number of carboxylic acids is 1. The van der Waals surface area contributed by atoms with E-state index in [1.807, 2.05) is 24.3 Å². The third kappa shape index (κ3) is 5.18. The molecule has 8 heteroatoms. The van der Waals surface area contributed by atoms with Crippen molar-refractivity contribution >= 4 is 52.1 Å². The molecule has 146 valence electrons. The van der Waals surface area contributed by atoms with Crippen molar-refractivity contribution in [1.82, 2.24) is 0 Å². The molecule has 1 heterocycles. The fraction of sp³-hybridized carbons (Fsp3) is 0.200. The maximum absolute atomic E-state index is 11.6. The number of hydrogen-bond donors (Lipinski definition) is 1. The highest BCUT2D eigenvalue weighted by atomic mass is 35.5. The van der Waals surface area contributed by atoms with Crippen molar-refractivity contribution in [2.45, 2.75) is 0 Å². The molecular weight excluding hydrogens is 401 g/mol. The van der Waals surface area contributed by atoms with Crippen molar-refractivity contribution in [2.24, 2.45) is 0 Å². The number of nitrogens with one attached hydrogen (secondary N) is 1. The first kappa shape index (κ1) is 20.0. The van der Waals surface area contributed by atoms with E-state index in [0.29, 0.717) is 21.8 Å². The van der Waals surface area contributed by atoms with Crippen LogP contribution in [0.3, 0.4) is 0 Å². The highest BCUT2D eigenvalue weighted by Gasteiger charge is 2.18. The van der Waals surface area contributed by atoms with E-state index in [4.69, 9.17) is 23.2 Å². The van der Waals surface area contributed by atoms with E-state index in [1.54, 1.807) is 18.2 Å². The van der Waals surface area contributed by atoms with Gasteiger partial charge in [0.2, 0.25) is 5.91 Å². The van der Waals surface area contributed by atoms with Gasteiger partial charge in [0.1, 0.15) is 0 Å². The van der Waals surface area contributed by atoms with Crippen molar-refractivity contribution in [3.63, 3.8) is 0 Å².